The Morgan fingerprint density at radius 2 is 2.13 bits per heavy atom. The molecular formula is C9H8N2O3S. The van der Waals surface area contributed by atoms with Crippen LogP contribution in [-0.4, -0.2) is 15.9 Å². The Balaban J connectivity index is 2.17. The quantitative estimate of drug-likeness (QED) is 0.617. The summed E-state index contributed by atoms with van der Waals surface area (Å²) in [7, 11) is 0. The third-order valence-electron chi connectivity index (χ3n) is 2.09. The van der Waals surface area contributed by atoms with E-state index in [0.29, 0.717) is 5.75 Å². The molecule has 15 heavy (non-hydrogen) atoms. The van der Waals surface area contributed by atoms with Gasteiger partial charge in [-0.25, -0.2) is 0 Å². The van der Waals surface area contributed by atoms with Gasteiger partial charge in [-0.05, 0) is 17.7 Å². The van der Waals surface area contributed by atoms with E-state index in [2.05, 4.69) is 0 Å². The molecule has 1 aliphatic rings. The molecule has 0 unspecified atom stereocenters. The molecule has 1 heterocycles. The molecule has 78 valence electrons. The molecule has 0 amide bonds. The van der Waals surface area contributed by atoms with Crippen LogP contribution in [0.4, 0.5) is 5.69 Å². The number of nitrogens with one attached hydrogen (secondary N) is 1. The summed E-state index contributed by atoms with van der Waals surface area (Å²) in [5, 5.41) is 17.9. The molecule has 1 N–H and O–H groups in total. The molecule has 1 fully saturated rings. The molecule has 2 rings (SSSR count). The SMILES string of the molecule is N=C1O[C@H](c2ccc([N+](=O)[O-])cc2)CS1. The minimum Gasteiger partial charge on any atom is -0.464 e. The Morgan fingerprint density at radius 3 is 2.60 bits per heavy atom. The van der Waals surface area contributed by atoms with Crippen LogP contribution in [0.3, 0.4) is 0 Å². The molecule has 0 radical (unpaired) electrons. The number of nitro benzene ring substituents is 1. The van der Waals surface area contributed by atoms with Crippen LogP contribution < -0.4 is 0 Å². The molecule has 0 bridgehead atoms. The number of ether oxygens (including phenoxy) is 1. The summed E-state index contributed by atoms with van der Waals surface area (Å²) < 4.78 is 5.22. The van der Waals surface area contributed by atoms with E-state index in [9.17, 15) is 10.1 Å². The molecule has 5 nitrogen and oxygen atoms in total. The largest absolute Gasteiger partial charge is 0.464 e. The highest BCUT2D eigenvalue weighted by Crippen LogP contribution is 2.31. The van der Waals surface area contributed by atoms with Crippen LogP contribution in [0, 0.1) is 15.5 Å². The highest BCUT2D eigenvalue weighted by molar-refractivity contribution is 8.13. The fraction of sp³-hybridized carbons (Fsp3) is 0.222. The molecule has 0 spiro atoms. The summed E-state index contributed by atoms with van der Waals surface area (Å²) in [6.45, 7) is 0. The summed E-state index contributed by atoms with van der Waals surface area (Å²) in [6, 6.07) is 6.24. The Labute approximate surface area is 90.1 Å². The second kappa shape index (κ2) is 3.90. The zero-order valence-corrected chi connectivity index (χ0v) is 8.49. The molecule has 0 aliphatic carbocycles. The molecule has 1 saturated heterocycles. The highest BCUT2D eigenvalue weighted by atomic mass is 32.2. The van der Waals surface area contributed by atoms with Crippen molar-refractivity contribution in [3.8, 4) is 0 Å². The van der Waals surface area contributed by atoms with Crippen molar-refractivity contribution in [3.63, 3.8) is 0 Å². The first-order valence-corrected chi connectivity index (χ1v) is 5.28. The minimum atomic E-state index is -0.434. The Morgan fingerprint density at radius 1 is 1.47 bits per heavy atom. The van der Waals surface area contributed by atoms with Crippen molar-refractivity contribution in [1.82, 2.24) is 0 Å². The predicted octanol–water partition coefficient (Wildman–Crippen LogP) is 2.33. The van der Waals surface area contributed by atoms with Crippen LogP contribution in [-0.2, 0) is 4.74 Å². The summed E-state index contributed by atoms with van der Waals surface area (Å²) >= 11 is 1.34. The Kier molecular flexibility index (Phi) is 2.59. The van der Waals surface area contributed by atoms with Crippen LogP contribution in [0.15, 0.2) is 24.3 Å². The van der Waals surface area contributed by atoms with E-state index in [4.69, 9.17) is 10.1 Å². The van der Waals surface area contributed by atoms with Gasteiger partial charge in [-0.2, -0.15) is 0 Å². The molecule has 6 heteroatoms. The summed E-state index contributed by atoms with van der Waals surface area (Å²) in [4.78, 5) is 9.99. The molecule has 0 aromatic heterocycles. The molecular weight excluding hydrogens is 216 g/mol. The third-order valence-corrected chi connectivity index (χ3v) is 2.92. The van der Waals surface area contributed by atoms with Crippen LogP contribution >= 0.6 is 11.8 Å². The van der Waals surface area contributed by atoms with Crippen LogP contribution in [0.5, 0.6) is 0 Å². The van der Waals surface area contributed by atoms with E-state index in [1.165, 1.54) is 23.9 Å². The van der Waals surface area contributed by atoms with Crippen molar-refractivity contribution in [2.75, 3.05) is 5.75 Å². The third kappa shape index (κ3) is 2.10. The maximum absolute atomic E-state index is 10.4. The van der Waals surface area contributed by atoms with Crippen molar-refractivity contribution >= 4 is 22.7 Å². The first kappa shape index (κ1) is 9.97. The number of non-ortho nitro benzene ring substituents is 1. The number of hydrogen-bond donors (Lipinski definition) is 1. The maximum Gasteiger partial charge on any atom is 0.269 e. The second-order valence-corrected chi connectivity index (χ2v) is 4.05. The predicted molar refractivity (Wildman–Crippen MR) is 57.1 cm³/mol. The topological polar surface area (TPSA) is 76.2 Å². The second-order valence-electron chi connectivity index (χ2n) is 3.05. The van der Waals surface area contributed by atoms with Crippen molar-refractivity contribution in [3.05, 3.63) is 39.9 Å². The lowest BCUT2D eigenvalue weighted by atomic mass is 10.1. The van der Waals surface area contributed by atoms with Crippen molar-refractivity contribution in [2.24, 2.45) is 0 Å². The van der Waals surface area contributed by atoms with Gasteiger partial charge in [0.1, 0.15) is 6.10 Å². The number of thioether (sulfide) groups is 1. The normalized spacial score (nSPS) is 20.0. The average Bonchev–Trinajstić information content (AvgIpc) is 2.65. The van der Waals surface area contributed by atoms with E-state index in [1.807, 2.05) is 0 Å². The summed E-state index contributed by atoms with van der Waals surface area (Å²) in [5.74, 6) is 0.691. The van der Waals surface area contributed by atoms with Crippen LogP contribution in [0.1, 0.15) is 11.7 Å². The number of hydrogen-bond acceptors (Lipinski definition) is 5. The van der Waals surface area contributed by atoms with E-state index in [0.717, 1.165) is 5.56 Å². The molecule has 1 aromatic rings. The van der Waals surface area contributed by atoms with Gasteiger partial charge in [-0.3, -0.25) is 15.5 Å². The summed E-state index contributed by atoms with van der Waals surface area (Å²) in [5.41, 5.74) is 0.940. The van der Waals surface area contributed by atoms with Gasteiger partial charge >= 0.3 is 0 Å². The standard InChI is InChI=1S/C9H8N2O3S/c10-9-14-8(5-15-9)6-1-3-7(4-2-6)11(12)13/h1-4,8,10H,5H2/t8-/m0/s1. The summed E-state index contributed by atoms with van der Waals surface area (Å²) in [6.07, 6.45) is -0.150. The highest BCUT2D eigenvalue weighted by Gasteiger charge is 2.23. The van der Waals surface area contributed by atoms with E-state index in [1.54, 1.807) is 12.1 Å². The zero-order chi connectivity index (χ0) is 10.8. The first-order chi connectivity index (χ1) is 7.16. The van der Waals surface area contributed by atoms with Crippen molar-refractivity contribution < 1.29 is 9.66 Å². The van der Waals surface area contributed by atoms with E-state index < -0.39 is 4.92 Å². The van der Waals surface area contributed by atoms with Crippen LogP contribution in [0.2, 0.25) is 0 Å². The smallest absolute Gasteiger partial charge is 0.269 e. The Hall–Kier alpha value is -1.56. The number of rotatable bonds is 2. The van der Waals surface area contributed by atoms with Gasteiger partial charge in [0.25, 0.3) is 5.69 Å². The number of benzene rings is 1. The van der Waals surface area contributed by atoms with Crippen molar-refractivity contribution in [1.29, 1.82) is 5.41 Å². The number of nitro groups is 1. The van der Waals surface area contributed by atoms with Gasteiger partial charge in [-0.1, -0.05) is 11.8 Å². The van der Waals surface area contributed by atoms with Crippen LogP contribution in [0.25, 0.3) is 0 Å². The lowest BCUT2D eigenvalue weighted by Gasteiger charge is -2.08. The van der Waals surface area contributed by atoms with Gasteiger partial charge in [0.15, 0.2) is 0 Å². The Bertz CT molecular complexity index is 404. The first-order valence-electron chi connectivity index (χ1n) is 4.29. The molecule has 1 aromatic carbocycles. The van der Waals surface area contributed by atoms with Gasteiger partial charge in [0, 0.05) is 17.9 Å². The fourth-order valence-electron chi connectivity index (χ4n) is 1.32. The van der Waals surface area contributed by atoms with Gasteiger partial charge < -0.3 is 4.74 Å². The minimum absolute atomic E-state index is 0.0690. The van der Waals surface area contributed by atoms with E-state index >= 15 is 0 Å². The lowest BCUT2D eigenvalue weighted by molar-refractivity contribution is -0.384. The average molecular weight is 224 g/mol. The monoisotopic (exact) mass is 224 g/mol. The molecule has 1 atom stereocenters. The van der Waals surface area contributed by atoms with Gasteiger partial charge in [0.2, 0.25) is 5.23 Å². The van der Waals surface area contributed by atoms with E-state index in [-0.39, 0.29) is 17.0 Å². The van der Waals surface area contributed by atoms with Gasteiger partial charge in [0.05, 0.1) is 4.92 Å². The number of nitrogens with zero attached hydrogens (tertiary/aromatic N) is 1. The maximum atomic E-state index is 10.4. The molecule has 1 aliphatic heterocycles. The molecule has 0 saturated carbocycles. The van der Waals surface area contributed by atoms with Gasteiger partial charge in [-0.15, -0.1) is 0 Å². The fourth-order valence-corrected chi connectivity index (χ4v) is 2.07. The van der Waals surface area contributed by atoms with Crippen molar-refractivity contribution in [2.45, 2.75) is 6.10 Å². The lowest BCUT2D eigenvalue weighted by Crippen LogP contribution is -2.00. The zero-order valence-electron chi connectivity index (χ0n) is 7.67.